The summed E-state index contributed by atoms with van der Waals surface area (Å²) in [5.41, 5.74) is 8.31. The normalized spacial score (nSPS) is 23.8. The smallest absolute Gasteiger partial charge is 0.131 e. The number of anilines is 1. The van der Waals surface area contributed by atoms with E-state index in [4.69, 9.17) is 5.73 Å². The fourth-order valence-corrected chi connectivity index (χ4v) is 2.60. The highest BCUT2D eigenvalue weighted by atomic mass is 15.2. The predicted octanol–water partition coefficient (Wildman–Crippen LogP) is 2.37. The second-order valence-electron chi connectivity index (χ2n) is 6.02. The second-order valence-corrected chi connectivity index (χ2v) is 6.02. The topological polar surface area (TPSA) is 42.1 Å². The number of aromatic nitrogens is 1. The molecule has 1 saturated carbocycles. The van der Waals surface area contributed by atoms with E-state index in [0.29, 0.717) is 0 Å². The quantitative estimate of drug-likeness (QED) is 0.868. The lowest BCUT2D eigenvalue weighted by Crippen LogP contribution is -2.23. The maximum Gasteiger partial charge on any atom is 0.131 e. The standard InChI is InChI=1S/C15H25N3/c1-10-6-14(10)9-18(4)15-11(2)5-13(8-17-15)7-12(3)16/h5,8,10,12,14H,6-7,9,16H2,1-4H3. The highest BCUT2D eigenvalue weighted by Crippen LogP contribution is 2.38. The van der Waals surface area contributed by atoms with E-state index in [1.54, 1.807) is 0 Å². The minimum absolute atomic E-state index is 0.196. The maximum atomic E-state index is 5.82. The van der Waals surface area contributed by atoms with Gasteiger partial charge >= 0.3 is 0 Å². The van der Waals surface area contributed by atoms with Gasteiger partial charge in [0.2, 0.25) is 0 Å². The molecule has 0 aromatic carbocycles. The van der Waals surface area contributed by atoms with Crippen molar-refractivity contribution in [2.75, 3.05) is 18.5 Å². The molecule has 0 saturated heterocycles. The van der Waals surface area contributed by atoms with Crippen molar-refractivity contribution in [1.82, 2.24) is 4.98 Å². The largest absolute Gasteiger partial charge is 0.359 e. The average Bonchev–Trinajstić information content (AvgIpc) is 2.92. The van der Waals surface area contributed by atoms with Crippen LogP contribution in [0.5, 0.6) is 0 Å². The summed E-state index contributed by atoms with van der Waals surface area (Å²) >= 11 is 0. The van der Waals surface area contributed by atoms with Crippen LogP contribution in [0, 0.1) is 18.8 Å². The predicted molar refractivity (Wildman–Crippen MR) is 76.9 cm³/mol. The van der Waals surface area contributed by atoms with Crippen LogP contribution in [0.3, 0.4) is 0 Å². The molecular formula is C15H25N3. The van der Waals surface area contributed by atoms with Gasteiger partial charge in [0.15, 0.2) is 0 Å². The Labute approximate surface area is 110 Å². The Bertz CT molecular complexity index is 414. The van der Waals surface area contributed by atoms with Gasteiger partial charge in [-0.25, -0.2) is 4.98 Å². The SMILES string of the molecule is Cc1cc(CC(C)N)cnc1N(C)CC1CC1C. The zero-order valence-electron chi connectivity index (χ0n) is 12.0. The Morgan fingerprint density at radius 2 is 2.22 bits per heavy atom. The first-order chi connectivity index (χ1) is 8.47. The lowest BCUT2D eigenvalue weighted by atomic mass is 10.1. The second kappa shape index (κ2) is 5.27. The number of pyridine rings is 1. The van der Waals surface area contributed by atoms with E-state index in [9.17, 15) is 0 Å². The molecule has 2 rings (SSSR count). The van der Waals surface area contributed by atoms with Gasteiger partial charge in [-0.3, -0.25) is 0 Å². The number of nitrogens with zero attached hydrogens (tertiary/aromatic N) is 2. The molecule has 1 fully saturated rings. The first-order valence-electron chi connectivity index (χ1n) is 6.89. The zero-order chi connectivity index (χ0) is 13.3. The van der Waals surface area contributed by atoms with Crippen molar-refractivity contribution < 1.29 is 0 Å². The fourth-order valence-electron chi connectivity index (χ4n) is 2.60. The summed E-state index contributed by atoms with van der Waals surface area (Å²) in [5, 5.41) is 0. The van der Waals surface area contributed by atoms with Crippen molar-refractivity contribution in [2.24, 2.45) is 17.6 Å². The third kappa shape index (κ3) is 3.22. The molecule has 3 atom stereocenters. The van der Waals surface area contributed by atoms with Gasteiger partial charge in [-0.15, -0.1) is 0 Å². The van der Waals surface area contributed by atoms with Gasteiger partial charge in [-0.2, -0.15) is 0 Å². The van der Waals surface area contributed by atoms with Gasteiger partial charge in [-0.05, 0) is 49.7 Å². The summed E-state index contributed by atoms with van der Waals surface area (Å²) in [7, 11) is 2.14. The number of aryl methyl sites for hydroxylation is 1. The van der Waals surface area contributed by atoms with E-state index < -0.39 is 0 Å². The lowest BCUT2D eigenvalue weighted by molar-refractivity contribution is 0.714. The molecule has 0 radical (unpaired) electrons. The van der Waals surface area contributed by atoms with E-state index in [2.05, 4.69) is 36.8 Å². The summed E-state index contributed by atoms with van der Waals surface area (Å²) < 4.78 is 0. The summed E-state index contributed by atoms with van der Waals surface area (Å²) in [5.74, 6) is 2.87. The Morgan fingerprint density at radius 3 is 2.72 bits per heavy atom. The molecule has 0 aliphatic heterocycles. The molecule has 0 bridgehead atoms. The van der Waals surface area contributed by atoms with Crippen LogP contribution in [0.2, 0.25) is 0 Å². The molecule has 18 heavy (non-hydrogen) atoms. The monoisotopic (exact) mass is 247 g/mol. The Hall–Kier alpha value is -1.09. The van der Waals surface area contributed by atoms with Crippen LogP contribution in [-0.2, 0) is 6.42 Å². The van der Waals surface area contributed by atoms with Gasteiger partial charge in [0, 0.05) is 25.8 Å². The van der Waals surface area contributed by atoms with Gasteiger partial charge < -0.3 is 10.6 Å². The van der Waals surface area contributed by atoms with E-state index >= 15 is 0 Å². The molecule has 1 aliphatic carbocycles. The van der Waals surface area contributed by atoms with Crippen LogP contribution < -0.4 is 10.6 Å². The number of nitrogens with two attached hydrogens (primary N) is 1. The van der Waals surface area contributed by atoms with Gasteiger partial charge in [0.25, 0.3) is 0 Å². The molecule has 1 aromatic heterocycles. The molecule has 3 heteroatoms. The summed E-state index contributed by atoms with van der Waals surface area (Å²) in [6.07, 6.45) is 4.24. The minimum atomic E-state index is 0.196. The molecule has 0 spiro atoms. The van der Waals surface area contributed by atoms with Crippen LogP contribution in [0.1, 0.15) is 31.4 Å². The van der Waals surface area contributed by atoms with Crippen molar-refractivity contribution in [3.05, 3.63) is 23.4 Å². The Kier molecular flexibility index (Phi) is 3.91. The summed E-state index contributed by atoms with van der Waals surface area (Å²) in [6, 6.07) is 2.42. The minimum Gasteiger partial charge on any atom is -0.359 e. The van der Waals surface area contributed by atoms with Crippen molar-refractivity contribution in [3.8, 4) is 0 Å². The van der Waals surface area contributed by atoms with Crippen LogP contribution >= 0.6 is 0 Å². The molecule has 3 unspecified atom stereocenters. The molecule has 3 nitrogen and oxygen atoms in total. The molecule has 100 valence electrons. The fraction of sp³-hybridized carbons (Fsp3) is 0.667. The average molecular weight is 247 g/mol. The molecule has 0 amide bonds. The number of hydrogen-bond acceptors (Lipinski definition) is 3. The highest BCUT2D eigenvalue weighted by molar-refractivity contribution is 5.47. The van der Waals surface area contributed by atoms with Crippen LogP contribution in [-0.4, -0.2) is 24.6 Å². The van der Waals surface area contributed by atoms with Crippen LogP contribution in [0.25, 0.3) is 0 Å². The van der Waals surface area contributed by atoms with Crippen molar-refractivity contribution >= 4 is 5.82 Å². The molecule has 1 heterocycles. The van der Waals surface area contributed by atoms with E-state index in [1.165, 1.54) is 17.5 Å². The van der Waals surface area contributed by atoms with Crippen molar-refractivity contribution in [3.63, 3.8) is 0 Å². The van der Waals surface area contributed by atoms with Crippen molar-refractivity contribution in [1.29, 1.82) is 0 Å². The van der Waals surface area contributed by atoms with E-state index in [0.717, 1.165) is 30.6 Å². The number of hydrogen-bond donors (Lipinski definition) is 1. The zero-order valence-corrected chi connectivity index (χ0v) is 12.0. The first-order valence-corrected chi connectivity index (χ1v) is 6.89. The third-order valence-corrected chi connectivity index (χ3v) is 3.81. The summed E-state index contributed by atoms with van der Waals surface area (Å²) in [6.45, 7) is 7.62. The Balaban J connectivity index is 2.04. The van der Waals surface area contributed by atoms with Gasteiger partial charge in [0.05, 0.1) is 0 Å². The molecule has 1 aliphatic rings. The Morgan fingerprint density at radius 1 is 1.56 bits per heavy atom. The van der Waals surface area contributed by atoms with Crippen molar-refractivity contribution in [2.45, 2.75) is 39.7 Å². The molecule has 1 aromatic rings. The van der Waals surface area contributed by atoms with Gasteiger partial charge in [0.1, 0.15) is 5.82 Å². The van der Waals surface area contributed by atoms with Crippen LogP contribution in [0.4, 0.5) is 5.82 Å². The molecule has 2 N–H and O–H groups in total. The van der Waals surface area contributed by atoms with E-state index in [-0.39, 0.29) is 6.04 Å². The molecular weight excluding hydrogens is 222 g/mol. The van der Waals surface area contributed by atoms with Gasteiger partial charge in [-0.1, -0.05) is 13.0 Å². The first kappa shape index (κ1) is 13.3. The maximum absolute atomic E-state index is 5.82. The highest BCUT2D eigenvalue weighted by Gasteiger charge is 2.33. The van der Waals surface area contributed by atoms with E-state index in [1.807, 2.05) is 13.1 Å². The third-order valence-electron chi connectivity index (χ3n) is 3.81. The number of rotatable bonds is 5. The summed E-state index contributed by atoms with van der Waals surface area (Å²) in [4.78, 5) is 6.90. The lowest BCUT2D eigenvalue weighted by Gasteiger charge is -2.21. The van der Waals surface area contributed by atoms with Crippen LogP contribution in [0.15, 0.2) is 12.3 Å².